The van der Waals surface area contributed by atoms with E-state index in [1.807, 2.05) is 6.07 Å². The number of aromatic hydroxyl groups is 1. The van der Waals surface area contributed by atoms with E-state index in [-0.39, 0.29) is 29.2 Å². The molecule has 1 aliphatic rings. The number of aliphatic hydroxyl groups is 1. The van der Waals surface area contributed by atoms with Gasteiger partial charge in [0.05, 0.1) is 6.04 Å². The fourth-order valence-electron chi connectivity index (χ4n) is 3.18. The molecule has 0 saturated heterocycles. The SMILES string of the molecule is OCCC[C@H]1Cc2cc(C(F)F)ccc2NC1c1ccc(O)s1. The Labute approximate surface area is 137 Å². The number of rotatable bonds is 5. The molecule has 2 aromatic rings. The summed E-state index contributed by atoms with van der Waals surface area (Å²) >= 11 is 1.32. The van der Waals surface area contributed by atoms with Gasteiger partial charge in [0.2, 0.25) is 0 Å². The predicted molar refractivity (Wildman–Crippen MR) is 87.3 cm³/mol. The van der Waals surface area contributed by atoms with Crippen molar-refractivity contribution in [1.82, 2.24) is 0 Å². The molecule has 0 spiro atoms. The number of hydrogen-bond donors (Lipinski definition) is 3. The lowest BCUT2D eigenvalue weighted by Crippen LogP contribution is -2.27. The van der Waals surface area contributed by atoms with E-state index in [1.165, 1.54) is 17.4 Å². The average Bonchev–Trinajstić information content (AvgIpc) is 2.97. The first-order chi connectivity index (χ1) is 11.1. The van der Waals surface area contributed by atoms with E-state index in [1.54, 1.807) is 18.2 Å². The maximum atomic E-state index is 12.9. The van der Waals surface area contributed by atoms with Gasteiger partial charge in [0.15, 0.2) is 5.06 Å². The van der Waals surface area contributed by atoms with E-state index < -0.39 is 6.43 Å². The van der Waals surface area contributed by atoms with Gasteiger partial charge in [-0.05, 0) is 55.0 Å². The number of nitrogens with one attached hydrogen (secondary N) is 1. The molecule has 2 heterocycles. The molecule has 3 nitrogen and oxygen atoms in total. The summed E-state index contributed by atoms with van der Waals surface area (Å²) < 4.78 is 25.8. The topological polar surface area (TPSA) is 52.5 Å². The average molecular weight is 339 g/mol. The minimum absolute atomic E-state index is 0.0253. The van der Waals surface area contributed by atoms with E-state index in [2.05, 4.69) is 5.32 Å². The van der Waals surface area contributed by atoms with Crippen molar-refractivity contribution in [3.63, 3.8) is 0 Å². The van der Waals surface area contributed by atoms with Gasteiger partial charge in [0, 0.05) is 22.7 Å². The lowest BCUT2D eigenvalue weighted by Gasteiger charge is -2.34. The fraction of sp³-hybridized carbons (Fsp3) is 0.412. The Bertz CT molecular complexity index is 674. The Morgan fingerprint density at radius 2 is 2.09 bits per heavy atom. The predicted octanol–water partition coefficient (Wildman–Crippen LogP) is 4.49. The number of alkyl halides is 2. The van der Waals surface area contributed by atoms with Crippen LogP contribution in [0.3, 0.4) is 0 Å². The maximum absolute atomic E-state index is 12.9. The highest BCUT2D eigenvalue weighted by Crippen LogP contribution is 2.43. The van der Waals surface area contributed by atoms with E-state index in [0.29, 0.717) is 12.8 Å². The summed E-state index contributed by atoms with van der Waals surface area (Å²) in [5, 5.41) is 22.4. The first-order valence-electron chi connectivity index (χ1n) is 7.65. The van der Waals surface area contributed by atoms with Gasteiger partial charge in [-0.25, -0.2) is 8.78 Å². The lowest BCUT2D eigenvalue weighted by atomic mass is 9.83. The highest BCUT2D eigenvalue weighted by Gasteiger charge is 2.30. The quantitative estimate of drug-likeness (QED) is 0.752. The summed E-state index contributed by atoms with van der Waals surface area (Å²) in [4.78, 5) is 1.02. The summed E-state index contributed by atoms with van der Waals surface area (Å²) in [5.74, 6) is 0.195. The van der Waals surface area contributed by atoms with Gasteiger partial charge in [0.25, 0.3) is 6.43 Å². The largest absolute Gasteiger partial charge is 0.499 e. The molecule has 1 aliphatic heterocycles. The van der Waals surface area contributed by atoms with Crippen LogP contribution in [0.4, 0.5) is 14.5 Å². The number of hydrogen-bond acceptors (Lipinski definition) is 4. The van der Waals surface area contributed by atoms with Gasteiger partial charge in [0.1, 0.15) is 0 Å². The molecular weight excluding hydrogens is 320 g/mol. The Morgan fingerprint density at radius 1 is 1.26 bits per heavy atom. The van der Waals surface area contributed by atoms with Gasteiger partial charge in [-0.1, -0.05) is 6.07 Å². The molecule has 0 saturated carbocycles. The van der Waals surface area contributed by atoms with Crippen molar-refractivity contribution < 1.29 is 19.0 Å². The summed E-state index contributed by atoms with van der Waals surface area (Å²) in [6, 6.07) is 8.31. The summed E-state index contributed by atoms with van der Waals surface area (Å²) in [7, 11) is 0. The van der Waals surface area contributed by atoms with Crippen molar-refractivity contribution in [2.24, 2.45) is 5.92 Å². The second-order valence-corrected chi connectivity index (χ2v) is 6.94. The standard InChI is InChI=1S/C17H19F2NO2S/c18-17(19)11-3-4-13-12(9-11)8-10(2-1-7-21)16(20-13)14-5-6-15(22)23-14/h3-6,9-10,16-17,20-22H,1-2,7-8H2/t10-,16?/m0/s1. The number of anilines is 1. The maximum Gasteiger partial charge on any atom is 0.263 e. The third kappa shape index (κ3) is 3.48. The van der Waals surface area contributed by atoms with Crippen molar-refractivity contribution in [3.8, 4) is 5.06 Å². The summed E-state index contributed by atoms with van der Waals surface area (Å²) in [6.07, 6.45) is -0.315. The van der Waals surface area contributed by atoms with Crippen LogP contribution in [0.2, 0.25) is 0 Å². The first kappa shape index (κ1) is 16.2. The van der Waals surface area contributed by atoms with Crippen molar-refractivity contribution in [2.75, 3.05) is 11.9 Å². The van der Waals surface area contributed by atoms with Crippen molar-refractivity contribution in [3.05, 3.63) is 46.3 Å². The zero-order valence-electron chi connectivity index (χ0n) is 12.5. The van der Waals surface area contributed by atoms with E-state index in [0.717, 1.165) is 22.5 Å². The molecule has 6 heteroatoms. The fourth-order valence-corrected chi connectivity index (χ4v) is 4.07. The van der Waals surface area contributed by atoms with Crippen LogP contribution in [-0.2, 0) is 6.42 Å². The third-order valence-electron chi connectivity index (χ3n) is 4.30. The minimum Gasteiger partial charge on any atom is -0.499 e. The first-order valence-corrected chi connectivity index (χ1v) is 8.47. The number of benzene rings is 1. The van der Waals surface area contributed by atoms with Crippen LogP contribution in [0, 0.1) is 5.92 Å². The number of halogens is 2. The van der Waals surface area contributed by atoms with Crippen molar-refractivity contribution in [1.29, 1.82) is 0 Å². The van der Waals surface area contributed by atoms with Gasteiger partial charge >= 0.3 is 0 Å². The number of aliphatic hydroxyl groups excluding tert-OH is 1. The minimum atomic E-state index is -2.47. The van der Waals surface area contributed by atoms with E-state index in [4.69, 9.17) is 5.11 Å². The second kappa shape index (κ2) is 6.84. The molecule has 1 unspecified atom stereocenters. The Balaban J connectivity index is 1.90. The number of fused-ring (bicyclic) bond motifs is 1. The molecule has 0 bridgehead atoms. The van der Waals surface area contributed by atoms with Crippen LogP contribution in [-0.4, -0.2) is 16.8 Å². The molecule has 0 radical (unpaired) electrons. The Kier molecular flexibility index (Phi) is 4.82. The zero-order valence-corrected chi connectivity index (χ0v) is 13.3. The van der Waals surface area contributed by atoms with Crippen molar-refractivity contribution in [2.45, 2.75) is 31.7 Å². The molecule has 0 fully saturated rings. The third-order valence-corrected chi connectivity index (χ3v) is 5.27. The number of thiophene rings is 1. The van der Waals surface area contributed by atoms with Crippen LogP contribution >= 0.6 is 11.3 Å². The molecule has 1 aromatic heterocycles. The van der Waals surface area contributed by atoms with Gasteiger partial charge in [-0.2, -0.15) is 0 Å². The molecule has 0 amide bonds. The summed E-state index contributed by atoms with van der Waals surface area (Å²) in [5.41, 5.74) is 1.80. The molecule has 1 aromatic carbocycles. The molecular formula is C17H19F2NO2S. The highest BCUT2D eigenvalue weighted by atomic mass is 32.1. The molecule has 2 atom stereocenters. The van der Waals surface area contributed by atoms with Gasteiger partial charge < -0.3 is 15.5 Å². The molecule has 124 valence electrons. The zero-order chi connectivity index (χ0) is 16.4. The molecule has 3 N–H and O–H groups in total. The highest BCUT2D eigenvalue weighted by molar-refractivity contribution is 7.13. The molecule has 3 rings (SSSR count). The molecule has 0 aliphatic carbocycles. The van der Waals surface area contributed by atoms with Crippen LogP contribution in [0.5, 0.6) is 5.06 Å². The molecule has 23 heavy (non-hydrogen) atoms. The van der Waals surface area contributed by atoms with Crippen LogP contribution in [0.25, 0.3) is 0 Å². The Hall–Kier alpha value is -1.66. The second-order valence-electron chi connectivity index (χ2n) is 5.85. The van der Waals surface area contributed by atoms with E-state index >= 15 is 0 Å². The smallest absolute Gasteiger partial charge is 0.263 e. The van der Waals surface area contributed by atoms with Gasteiger partial charge in [-0.15, -0.1) is 11.3 Å². The Morgan fingerprint density at radius 3 is 2.74 bits per heavy atom. The normalized spacial score (nSPS) is 20.3. The van der Waals surface area contributed by atoms with Crippen LogP contribution < -0.4 is 5.32 Å². The van der Waals surface area contributed by atoms with Gasteiger partial charge in [-0.3, -0.25) is 0 Å². The van der Waals surface area contributed by atoms with Crippen LogP contribution in [0.15, 0.2) is 30.3 Å². The lowest BCUT2D eigenvalue weighted by molar-refractivity contribution is 0.151. The monoisotopic (exact) mass is 339 g/mol. The van der Waals surface area contributed by atoms with E-state index in [9.17, 15) is 13.9 Å². The van der Waals surface area contributed by atoms with Crippen LogP contribution in [0.1, 0.15) is 41.3 Å². The van der Waals surface area contributed by atoms with Crippen molar-refractivity contribution >= 4 is 17.0 Å². The summed E-state index contributed by atoms with van der Waals surface area (Å²) in [6.45, 7) is 0.114.